The molecule has 7 heteroatoms. The fourth-order valence-corrected chi connectivity index (χ4v) is 5.97. The molecule has 0 radical (unpaired) electrons. The summed E-state index contributed by atoms with van der Waals surface area (Å²) in [4.78, 5) is 43.8. The average molecular weight is 512 g/mol. The van der Waals surface area contributed by atoms with Crippen molar-refractivity contribution < 1.29 is 23.9 Å². The molecule has 1 spiro atoms. The van der Waals surface area contributed by atoms with Gasteiger partial charge < -0.3 is 9.52 Å². The second kappa shape index (κ2) is 8.54. The van der Waals surface area contributed by atoms with Crippen LogP contribution in [0, 0.1) is 5.92 Å². The van der Waals surface area contributed by atoms with Gasteiger partial charge in [0.15, 0.2) is 22.9 Å². The summed E-state index contributed by atoms with van der Waals surface area (Å²) in [7, 11) is 1.71. The minimum atomic E-state index is -1.68. The molecule has 0 bridgehead atoms. The summed E-state index contributed by atoms with van der Waals surface area (Å²) in [5.41, 5.74) is 0.0907. The Kier molecular flexibility index (Phi) is 5.40. The highest BCUT2D eigenvalue weighted by atomic mass is 35.5. The molecule has 1 N–H and O–H groups in total. The molecule has 37 heavy (non-hydrogen) atoms. The molecule has 2 atom stereocenters. The summed E-state index contributed by atoms with van der Waals surface area (Å²) in [6.07, 6.45) is 0. The van der Waals surface area contributed by atoms with Gasteiger partial charge in [0.2, 0.25) is 0 Å². The summed E-state index contributed by atoms with van der Waals surface area (Å²) in [5, 5.41) is 10.4. The molecule has 1 aliphatic carbocycles. The second-order valence-electron chi connectivity index (χ2n) is 9.55. The molecule has 2 aliphatic rings. The van der Waals surface area contributed by atoms with Crippen LogP contribution in [0.4, 0.5) is 0 Å². The Hall–Kier alpha value is -4.00. The first-order valence-electron chi connectivity index (χ1n) is 11.9. The number of halogens is 1. The van der Waals surface area contributed by atoms with Crippen molar-refractivity contribution in [3.63, 3.8) is 0 Å². The van der Waals surface area contributed by atoms with Gasteiger partial charge >= 0.3 is 0 Å². The monoisotopic (exact) mass is 511 g/mol. The first-order chi connectivity index (χ1) is 17.8. The van der Waals surface area contributed by atoms with Crippen LogP contribution in [-0.2, 0) is 0 Å². The number of benzene rings is 3. The standard InChI is InChI=1S/C30H22ClNO5/c1-32-16-23(25-15-14-24(37-25)17-6-10-19(31)11-7-17)26(27(34)18-8-12-20(33)13-9-18)30(32)28(35)21-4-2-3-5-22(21)29(30)36/h2-15,23,26,33H,16H2,1H3/t23-,26+/m1/s1. The van der Waals surface area contributed by atoms with Crippen molar-refractivity contribution in [1.29, 1.82) is 0 Å². The van der Waals surface area contributed by atoms with Crippen molar-refractivity contribution in [2.45, 2.75) is 11.5 Å². The molecule has 1 fully saturated rings. The van der Waals surface area contributed by atoms with Crippen LogP contribution in [0.25, 0.3) is 11.3 Å². The van der Waals surface area contributed by atoms with Crippen LogP contribution in [0.3, 0.4) is 0 Å². The highest BCUT2D eigenvalue weighted by Crippen LogP contribution is 2.52. The van der Waals surface area contributed by atoms with Crippen molar-refractivity contribution in [1.82, 2.24) is 4.90 Å². The summed E-state index contributed by atoms with van der Waals surface area (Å²) in [5.74, 6) is -1.56. The van der Waals surface area contributed by atoms with Crippen LogP contribution in [0.5, 0.6) is 5.75 Å². The van der Waals surface area contributed by atoms with E-state index in [1.807, 2.05) is 18.2 Å². The van der Waals surface area contributed by atoms with Crippen molar-refractivity contribution in [2.75, 3.05) is 13.6 Å². The predicted molar refractivity (Wildman–Crippen MR) is 138 cm³/mol. The van der Waals surface area contributed by atoms with Crippen molar-refractivity contribution in [2.24, 2.45) is 5.92 Å². The lowest BCUT2D eigenvalue weighted by Gasteiger charge is -2.33. The molecule has 1 saturated heterocycles. The smallest absolute Gasteiger partial charge is 0.192 e. The average Bonchev–Trinajstić information content (AvgIpc) is 3.57. The van der Waals surface area contributed by atoms with Gasteiger partial charge in [-0.1, -0.05) is 35.9 Å². The van der Waals surface area contributed by atoms with Crippen LogP contribution in [0.15, 0.2) is 89.3 Å². The minimum absolute atomic E-state index is 0.0189. The molecule has 0 unspecified atom stereocenters. The number of phenols is 1. The fraction of sp³-hybridized carbons (Fsp3) is 0.167. The molecule has 6 rings (SSSR count). The van der Waals surface area contributed by atoms with Gasteiger partial charge in [0, 0.05) is 39.7 Å². The Morgan fingerprint density at radius 2 is 1.54 bits per heavy atom. The minimum Gasteiger partial charge on any atom is -0.508 e. The van der Waals surface area contributed by atoms with Crippen molar-refractivity contribution >= 4 is 29.0 Å². The molecule has 0 saturated carbocycles. The number of rotatable bonds is 4. The lowest BCUT2D eigenvalue weighted by atomic mass is 9.71. The largest absolute Gasteiger partial charge is 0.508 e. The molecule has 1 aliphatic heterocycles. The molecule has 0 amide bonds. The number of carbonyl (C=O) groups is 3. The number of hydrogen-bond acceptors (Lipinski definition) is 6. The Labute approximate surface area is 218 Å². The van der Waals surface area contributed by atoms with Gasteiger partial charge in [0.05, 0.1) is 5.92 Å². The third-order valence-electron chi connectivity index (χ3n) is 7.59. The molecular weight excluding hydrogens is 490 g/mol. The van der Waals surface area contributed by atoms with E-state index in [0.29, 0.717) is 33.2 Å². The number of aromatic hydroxyl groups is 1. The van der Waals surface area contributed by atoms with Gasteiger partial charge in [0.1, 0.15) is 17.3 Å². The van der Waals surface area contributed by atoms with E-state index in [0.717, 1.165) is 5.56 Å². The Balaban J connectivity index is 1.49. The van der Waals surface area contributed by atoms with Crippen LogP contribution < -0.4 is 0 Å². The van der Waals surface area contributed by atoms with Crippen molar-refractivity contribution in [3.8, 4) is 17.1 Å². The number of likely N-dealkylation sites (N-methyl/N-ethyl adjacent to an activating group) is 1. The van der Waals surface area contributed by atoms with Gasteiger partial charge in [-0.3, -0.25) is 19.3 Å². The molecule has 2 heterocycles. The number of furan rings is 1. The number of likely N-dealkylation sites (tertiary alicyclic amines) is 1. The van der Waals surface area contributed by atoms with E-state index >= 15 is 0 Å². The molecule has 184 valence electrons. The molecule has 4 aromatic rings. The van der Waals surface area contributed by atoms with E-state index in [4.69, 9.17) is 16.0 Å². The van der Waals surface area contributed by atoms with E-state index < -0.39 is 17.4 Å². The first-order valence-corrected chi connectivity index (χ1v) is 12.3. The van der Waals surface area contributed by atoms with Crippen LogP contribution in [0.1, 0.15) is 42.8 Å². The third-order valence-corrected chi connectivity index (χ3v) is 7.84. The highest BCUT2D eigenvalue weighted by Gasteiger charge is 2.68. The van der Waals surface area contributed by atoms with Crippen LogP contribution in [-0.4, -0.2) is 46.5 Å². The SMILES string of the molecule is CN1C[C@H](c2ccc(-c3ccc(Cl)cc3)o2)[C@@H](C(=O)c2ccc(O)cc2)C12C(=O)c1ccccc1C2=O. The molecule has 3 aromatic carbocycles. The third kappa shape index (κ3) is 3.40. The molecular formula is C30H22ClNO5. The van der Waals surface area contributed by atoms with Crippen LogP contribution >= 0.6 is 11.6 Å². The van der Waals surface area contributed by atoms with E-state index in [2.05, 4.69) is 0 Å². The maximum Gasteiger partial charge on any atom is 0.192 e. The zero-order valence-corrected chi connectivity index (χ0v) is 20.6. The summed E-state index contributed by atoms with van der Waals surface area (Å²) < 4.78 is 6.24. The maximum absolute atomic E-state index is 14.1. The Morgan fingerprint density at radius 3 is 2.16 bits per heavy atom. The lowest BCUT2D eigenvalue weighted by Crippen LogP contribution is -2.57. The fourth-order valence-electron chi connectivity index (χ4n) is 5.85. The Morgan fingerprint density at radius 1 is 0.919 bits per heavy atom. The van der Waals surface area contributed by atoms with E-state index in [1.165, 1.54) is 24.3 Å². The van der Waals surface area contributed by atoms with E-state index in [9.17, 15) is 19.5 Å². The van der Waals surface area contributed by atoms with E-state index in [1.54, 1.807) is 54.4 Å². The van der Waals surface area contributed by atoms with Gasteiger partial charge in [-0.05, 0) is 67.7 Å². The van der Waals surface area contributed by atoms with Crippen LogP contribution in [0.2, 0.25) is 5.02 Å². The zero-order chi connectivity index (χ0) is 25.9. The van der Waals surface area contributed by atoms with Crippen molar-refractivity contribution in [3.05, 3.63) is 112 Å². The first kappa shape index (κ1) is 23.4. The number of phenolic OH excluding ortho intramolecular Hbond substituents is 1. The van der Waals surface area contributed by atoms with Gasteiger partial charge in [0.25, 0.3) is 0 Å². The summed E-state index contributed by atoms with van der Waals surface area (Å²) >= 11 is 6.03. The summed E-state index contributed by atoms with van der Waals surface area (Å²) in [6, 6.07) is 23.4. The highest BCUT2D eigenvalue weighted by molar-refractivity contribution is 6.35. The topological polar surface area (TPSA) is 87.8 Å². The molecule has 6 nitrogen and oxygen atoms in total. The summed E-state index contributed by atoms with van der Waals surface area (Å²) in [6.45, 7) is 0.271. The van der Waals surface area contributed by atoms with Gasteiger partial charge in [-0.2, -0.15) is 0 Å². The normalized spacial score (nSPS) is 20.5. The number of nitrogens with zero attached hydrogens (tertiary/aromatic N) is 1. The lowest BCUT2D eigenvalue weighted by molar-refractivity contribution is 0.0514. The van der Waals surface area contributed by atoms with Gasteiger partial charge in [-0.15, -0.1) is 0 Å². The molecule has 1 aromatic heterocycles. The second-order valence-corrected chi connectivity index (χ2v) is 9.99. The zero-order valence-electron chi connectivity index (χ0n) is 19.9. The number of fused-ring (bicyclic) bond motifs is 1. The number of ketones is 3. The Bertz CT molecular complexity index is 1520. The number of carbonyl (C=O) groups excluding carboxylic acids is 3. The number of hydrogen-bond donors (Lipinski definition) is 1. The predicted octanol–water partition coefficient (Wildman–Crippen LogP) is 5.65. The number of Topliss-reactive ketones (excluding diaryl/α,β-unsaturated/α-hetero) is 3. The van der Waals surface area contributed by atoms with E-state index in [-0.39, 0.29) is 29.6 Å². The van der Waals surface area contributed by atoms with Gasteiger partial charge in [-0.25, -0.2) is 0 Å². The quantitative estimate of drug-likeness (QED) is 0.281. The maximum atomic E-state index is 14.1.